The summed E-state index contributed by atoms with van der Waals surface area (Å²) in [7, 11) is 0. The Hall–Kier alpha value is -3.52. The zero-order valence-electron chi connectivity index (χ0n) is 16.3. The molecule has 0 radical (unpaired) electrons. The minimum absolute atomic E-state index is 0.195. The standard InChI is InChI=1S/C22H22FN7/c23-18-2-1-9-26-21(18)28-16-5-3-15(4-6-16)19-13-27-22-17(12-20(24)29-30(19)22)14-7-10-25-11-8-14/h1-6,9,12-14,25H,7-8,10-11H2,(H2,24,29)(H,26,28). The maximum absolute atomic E-state index is 13.8. The molecule has 0 unspecified atom stereocenters. The molecule has 1 fully saturated rings. The largest absolute Gasteiger partial charge is 0.382 e. The van der Waals surface area contributed by atoms with Crippen LogP contribution in [0.5, 0.6) is 0 Å². The number of nitrogens with zero attached hydrogens (tertiary/aromatic N) is 4. The summed E-state index contributed by atoms with van der Waals surface area (Å²) in [6, 6.07) is 12.5. The van der Waals surface area contributed by atoms with Crippen molar-refractivity contribution in [3.63, 3.8) is 0 Å². The van der Waals surface area contributed by atoms with Crippen LogP contribution >= 0.6 is 0 Å². The van der Waals surface area contributed by atoms with Crippen molar-refractivity contribution in [3.05, 3.63) is 66.2 Å². The Morgan fingerprint density at radius 2 is 1.90 bits per heavy atom. The number of fused-ring (bicyclic) bond motifs is 1. The van der Waals surface area contributed by atoms with Crippen molar-refractivity contribution in [1.29, 1.82) is 0 Å². The van der Waals surface area contributed by atoms with Gasteiger partial charge in [0.25, 0.3) is 0 Å². The van der Waals surface area contributed by atoms with Crippen LogP contribution in [0.1, 0.15) is 24.3 Å². The molecule has 1 saturated heterocycles. The molecule has 5 rings (SSSR count). The number of nitrogens with one attached hydrogen (secondary N) is 2. The molecule has 7 nitrogen and oxygen atoms in total. The predicted molar refractivity (Wildman–Crippen MR) is 115 cm³/mol. The average Bonchev–Trinajstić information content (AvgIpc) is 3.20. The molecule has 1 aromatic carbocycles. The number of hydrogen-bond donors (Lipinski definition) is 3. The predicted octanol–water partition coefficient (Wildman–Crippen LogP) is 3.72. The first kappa shape index (κ1) is 18.5. The van der Waals surface area contributed by atoms with E-state index in [-0.39, 0.29) is 5.82 Å². The summed E-state index contributed by atoms with van der Waals surface area (Å²) >= 11 is 0. The van der Waals surface area contributed by atoms with Crippen LogP contribution in [0, 0.1) is 5.82 Å². The van der Waals surface area contributed by atoms with E-state index in [1.165, 1.54) is 6.07 Å². The van der Waals surface area contributed by atoms with Gasteiger partial charge in [-0.1, -0.05) is 12.1 Å². The molecule has 0 aliphatic carbocycles. The number of pyridine rings is 1. The number of nitrogens with two attached hydrogens (primary N) is 1. The van der Waals surface area contributed by atoms with Crippen molar-refractivity contribution < 1.29 is 4.39 Å². The summed E-state index contributed by atoms with van der Waals surface area (Å²) in [5.41, 5.74) is 10.7. The van der Waals surface area contributed by atoms with Crippen molar-refractivity contribution in [1.82, 2.24) is 24.9 Å². The molecule has 8 heteroatoms. The monoisotopic (exact) mass is 403 g/mol. The zero-order valence-corrected chi connectivity index (χ0v) is 16.3. The average molecular weight is 403 g/mol. The van der Waals surface area contributed by atoms with Gasteiger partial charge in [-0.05, 0) is 62.2 Å². The van der Waals surface area contributed by atoms with Gasteiger partial charge in [-0.3, -0.25) is 0 Å². The molecule has 4 N–H and O–H groups in total. The second kappa shape index (κ2) is 7.72. The Labute approximate surface area is 173 Å². The lowest BCUT2D eigenvalue weighted by Crippen LogP contribution is -2.27. The minimum atomic E-state index is -0.395. The van der Waals surface area contributed by atoms with Gasteiger partial charge >= 0.3 is 0 Å². The van der Waals surface area contributed by atoms with E-state index in [0.717, 1.165) is 54.1 Å². The van der Waals surface area contributed by atoms with Crippen molar-refractivity contribution in [2.45, 2.75) is 18.8 Å². The van der Waals surface area contributed by atoms with E-state index in [4.69, 9.17) is 5.73 Å². The fourth-order valence-corrected chi connectivity index (χ4v) is 3.98. The van der Waals surface area contributed by atoms with Crippen LogP contribution in [0.15, 0.2) is 54.9 Å². The summed E-state index contributed by atoms with van der Waals surface area (Å²) in [4.78, 5) is 8.68. The third-order valence-electron chi connectivity index (χ3n) is 5.50. The van der Waals surface area contributed by atoms with Gasteiger partial charge in [0.2, 0.25) is 0 Å². The molecule has 4 aromatic rings. The van der Waals surface area contributed by atoms with Crippen LogP contribution in [-0.2, 0) is 0 Å². The van der Waals surface area contributed by atoms with Crippen molar-refractivity contribution in [3.8, 4) is 11.3 Å². The number of benzene rings is 1. The number of piperidine rings is 1. The number of imidazole rings is 1. The summed E-state index contributed by atoms with van der Waals surface area (Å²) in [5, 5.41) is 10.9. The number of nitrogen functional groups attached to an aromatic ring is 1. The molecule has 0 saturated carbocycles. The molecule has 30 heavy (non-hydrogen) atoms. The highest BCUT2D eigenvalue weighted by atomic mass is 19.1. The lowest BCUT2D eigenvalue weighted by molar-refractivity contribution is 0.461. The molecule has 1 aliphatic heterocycles. The van der Waals surface area contributed by atoms with Crippen LogP contribution in [0.2, 0.25) is 0 Å². The third-order valence-corrected chi connectivity index (χ3v) is 5.50. The van der Waals surface area contributed by atoms with E-state index < -0.39 is 5.82 Å². The minimum Gasteiger partial charge on any atom is -0.382 e. The van der Waals surface area contributed by atoms with Gasteiger partial charge in [0.1, 0.15) is 5.82 Å². The van der Waals surface area contributed by atoms with E-state index in [1.807, 2.05) is 41.0 Å². The van der Waals surface area contributed by atoms with E-state index in [2.05, 4.69) is 25.7 Å². The Morgan fingerprint density at radius 3 is 2.67 bits per heavy atom. The Bertz CT molecular complexity index is 1180. The van der Waals surface area contributed by atoms with E-state index >= 15 is 0 Å². The molecule has 152 valence electrons. The lowest BCUT2D eigenvalue weighted by atomic mass is 9.91. The van der Waals surface area contributed by atoms with Gasteiger partial charge in [-0.2, -0.15) is 0 Å². The number of halogens is 1. The van der Waals surface area contributed by atoms with E-state index in [1.54, 1.807) is 12.3 Å². The molecule has 4 heterocycles. The van der Waals surface area contributed by atoms with E-state index in [0.29, 0.717) is 11.7 Å². The van der Waals surface area contributed by atoms with Crippen LogP contribution < -0.4 is 16.4 Å². The molecule has 0 atom stereocenters. The van der Waals surface area contributed by atoms with Gasteiger partial charge < -0.3 is 16.4 Å². The summed E-state index contributed by atoms with van der Waals surface area (Å²) in [6.45, 7) is 2.00. The highest BCUT2D eigenvalue weighted by Crippen LogP contribution is 2.31. The fourth-order valence-electron chi connectivity index (χ4n) is 3.98. The van der Waals surface area contributed by atoms with Gasteiger partial charge in [0, 0.05) is 23.0 Å². The summed E-state index contributed by atoms with van der Waals surface area (Å²) in [5.74, 6) is 0.711. The van der Waals surface area contributed by atoms with Crippen LogP contribution in [0.3, 0.4) is 0 Å². The van der Waals surface area contributed by atoms with Crippen molar-refractivity contribution >= 4 is 23.0 Å². The molecular formula is C22H22FN7. The Balaban J connectivity index is 1.47. The van der Waals surface area contributed by atoms with Crippen molar-refractivity contribution in [2.24, 2.45) is 0 Å². The highest BCUT2D eigenvalue weighted by Gasteiger charge is 2.21. The third kappa shape index (κ3) is 3.46. The zero-order chi connectivity index (χ0) is 20.5. The summed E-state index contributed by atoms with van der Waals surface area (Å²) in [6.07, 6.45) is 5.50. The topological polar surface area (TPSA) is 93.2 Å². The van der Waals surface area contributed by atoms with Gasteiger partial charge in [-0.25, -0.2) is 18.9 Å². The molecule has 3 aromatic heterocycles. The molecular weight excluding hydrogens is 381 g/mol. The first-order valence-corrected chi connectivity index (χ1v) is 10.0. The van der Waals surface area contributed by atoms with Crippen LogP contribution in [0.25, 0.3) is 16.9 Å². The molecule has 0 bridgehead atoms. The lowest BCUT2D eigenvalue weighted by Gasteiger charge is -2.23. The highest BCUT2D eigenvalue weighted by molar-refractivity contribution is 5.69. The van der Waals surface area contributed by atoms with Gasteiger partial charge in [0.15, 0.2) is 17.3 Å². The number of aromatic nitrogens is 4. The van der Waals surface area contributed by atoms with Crippen LogP contribution in [0.4, 0.5) is 21.7 Å². The van der Waals surface area contributed by atoms with Gasteiger partial charge in [-0.15, -0.1) is 5.10 Å². The normalized spacial score (nSPS) is 14.8. The second-order valence-electron chi connectivity index (χ2n) is 7.46. The second-order valence-corrected chi connectivity index (χ2v) is 7.46. The van der Waals surface area contributed by atoms with E-state index in [9.17, 15) is 4.39 Å². The molecule has 1 aliphatic rings. The first-order chi connectivity index (χ1) is 14.7. The number of rotatable bonds is 4. The maximum Gasteiger partial charge on any atom is 0.166 e. The SMILES string of the molecule is Nc1cc(C2CCNCC2)c2ncc(-c3ccc(Nc4ncccc4F)cc3)n2n1. The van der Waals surface area contributed by atoms with Crippen LogP contribution in [-0.4, -0.2) is 32.7 Å². The number of anilines is 3. The summed E-state index contributed by atoms with van der Waals surface area (Å²) < 4.78 is 15.6. The van der Waals surface area contributed by atoms with Crippen molar-refractivity contribution in [2.75, 3.05) is 24.1 Å². The Morgan fingerprint density at radius 1 is 1.10 bits per heavy atom. The number of hydrogen-bond acceptors (Lipinski definition) is 6. The first-order valence-electron chi connectivity index (χ1n) is 10.0. The Kier molecular flexibility index (Phi) is 4.76. The smallest absolute Gasteiger partial charge is 0.166 e. The molecule has 0 amide bonds. The maximum atomic E-state index is 13.8. The van der Waals surface area contributed by atoms with Gasteiger partial charge in [0.05, 0.1) is 11.9 Å². The fraction of sp³-hybridized carbons (Fsp3) is 0.227. The quantitative estimate of drug-likeness (QED) is 0.481. The molecule has 0 spiro atoms.